The van der Waals surface area contributed by atoms with Gasteiger partial charge in [-0.3, -0.25) is 14.4 Å². The number of rotatable bonds is 10. The Labute approximate surface area is 272 Å². The molecule has 0 aliphatic rings. The molecule has 0 atom stereocenters. The van der Waals surface area contributed by atoms with Crippen molar-refractivity contribution in [2.75, 3.05) is 16.4 Å². The van der Waals surface area contributed by atoms with Crippen molar-refractivity contribution in [1.29, 1.82) is 0 Å². The van der Waals surface area contributed by atoms with Crippen molar-refractivity contribution < 1.29 is 14.4 Å². The molecule has 0 fully saturated rings. The van der Waals surface area contributed by atoms with E-state index in [2.05, 4.69) is 36.9 Å². The first-order valence-electron chi connectivity index (χ1n) is 13.5. The first-order valence-corrected chi connectivity index (χ1v) is 16.1. The molecule has 0 spiro atoms. The molecule has 3 N–H and O–H groups in total. The standard InChI is InChI=1S/C34H27BrN4O3S2/c1-22-31(24-10-4-2-5-11-24)39-34(44-22)38-30(40)21-43-28-17-15-27(16-18-28)36-33(42)29(20-23-9-8-14-26(35)19-23)37-32(41)25-12-6-3-7-13-25/h2-20H,21H2,1H3,(H,36,42)(H,37,41)(H,38,39,40)/b29-20-. The van der Waals surface area contributed by atoms with Crippen LogP contribution in [0.3, 0.4) is 0 Å². The van der Waals surface area contributed by atoms with Gasteiger partial charge < -0.3 is 16.0 Å². The molecule has 0 saturated heterocycles. The van der Waals surface area contributed by atoms with Crippen molar-refractivity contribution in [1.82, 2.24) is 10.3 Å². The minimum Gasteiger partial charge on any atom is -0.321 e. The second-order valence-electron chi connectivity index (χ2n) is 9.54. The summed E-state index contributed by atoms with van der Waals surface area (Å²) < 4.78 is 0.848. The molecular formula is C34H27BrN4O3S2. The van der Waals surface area contributed by atoms with Crippen LogP contribution in [0.5, 0.6) is 0 Å². The number of halogens is 1. The van der Waals surface area contributed by atoms with Crippen LogP contribution >= 0.6 is 39.0 Å². The van der Waals surface area contributed by atoms with Gasteiger partial charge in [0.15, 0.2) is 5.13 Å². The van der Waals surface area contributed by atoms with Gasteiger partial charge in [0.25, 0.3) is 11.8 Å². The van der Waals surface area contributed by atoms with Crippen molar-refractivity contribution in [3.63, 3.8) is 0 Å². The molecule has 4 aromatic carbocycles. The van der Waals surface area contributed by atoms with E-state index in [1.807, 2.05) is 79.7 Å². The normalized spacial score (nSPS) is 11.1. The van der Waals surface area contributed by atoms with Crippen molar-refractivity contribution in [3.05, 3.63) is 135 Å². The smallest absolute Gasteiger partial charge is 0.272 e. The number of carbonyl (C=O) groups is 3. The van der Waals surface area contributed by atoms with Gasteiger partial charge in [-0.25, -0.2) is 4.98 Å². The van der Waals surface area contributed by atoms with Crippen LogP contribution in [-0.4, -0.2) is 28.5 Å². The maximum atomic E-state index is 13.3. The quantitative estimate of drug-likeness (QED) is 0.102. The second kappa shape index (κ2) is 14.8. The van der Waals surface area contributed by atoms with E-state index < -0.39 is 11.8 Å². The largest absolute Gasteiger partial charge is 0.321 e. The minimum atomic E-state index is -0.470. The van der Waals surface area contributed by atoms with E-state index in [1.165, 1.54) is 23.1 Å². The molecule has 5 aromatic rings. The molecular weight excluding hydrogens is 656 g/mol. The van der Waals surface area contributed by atoms with E-state index in [0.717, 1.165) is 31.1 Å². The van der Waals surface area contributed by atoms with Crippen molar-refractivity contribution in [2.24, 2.45) is 0 Å². The topological polar surface area (TPSA) is 100 Å². The van der Waals surface area contributed by atoms with Crippen LogP contribution in [0.4, 0.5) is 10.8 Å². The lowest BCUT2D eigenvalue weighted by atomic mass is 10.1. The lowest BCUT2D eigenvalue weighted by Gasteiger charge is -2.12. The number of nitrogens with zero attached hydrogens (tertiary/aromatic N) is 1. The van der Waals surface area contributed by atoms with E-state index in [9.17, 15) is 14.4 Å². The third-order valence-electron chi connectivity index (χ3n) is 6.26. The summed E-state index contributed by atoms with van der Waals surface area (Å²) in [5.74, 6) is -0.813. The number of thioether (sulfide) groups is 1. The molecule has 44 heavy (non-hydrogen) atoms. The summed E-state index contributed by atoms with van der Waals surface area (Å²) in [5, 5.41) is 9.05. The Bertz CT molecular complexity index is 1810. The average molecular weight is 684 g/mol. The zero-order valence-corrected chi connectivity index (χ0v) is 26.8. The van der Waals surface area contributed by atoms with Crippen LogP contribution in [0.15, 0.2) is 124 Å². The lowest BCUT2D eigenvalue weighted by Crippen LogP contribution is -2.30. The second-order valence-corrected chi connectivity index (χ2v) is 12.7. The first-order chi connectivity index (χ1) is 21.3. The summed E-state index contributed by atoms with van der Waals surface area (Å²) in [4.78, 5) is 45.3. The van der Waals surface area contributed by atoms with Gasteiger partial charge in [-0.2, -0.15) is 0 Å². The Hall–Kier alpha value is -4.51. The average Bonchev–Trinajstić information content (AvgIpc) is 3.40. The van der Waals surface area contributed by atoms with E-state index in [1.54, 1.807) is 42.5 Å². The molecule has 1 heterocycles. The summed E-state index contributed by atoms with van der Waals surface area (Å²) in [6.07, 6.45) is 1.62. The molecule has 0 saturated carbocycles. The number of benzene rings is 4. The molecule has 0 radical (unpaired) electrons. The number of nitrogens with one attached hydrogen (secondary N) is 3. The number of hydrogen-bond acceptors (Lipinski definition) is 6. The molecule has 5 rings (SSSR count). The van der Waals surface area contributed by atoms with Crippen molar-refractivity contribution in [3.8, 4) is 11.3 Å². The fourth-order valence-corrected chi connectivity index (χ4v) is 6.12. The van der Waals surface area contributed by atoms with Crippen LogP contribution in [0.25, 0.3) is 17.3 Å². The summed E-state index contributed by atoms with van der Waals surface area (Å²) in [5.41, 5.74) is 3.70. The monoisotopic (exact) mass is 682 g/mol. The lowest BCUT2D eigenvalue weighted by molar-refractivity contribution is -0.114. The highest BCUT2D eigenvalue weighted by Crippen LogP contribution is 2.30. The molecule has 10 heteroatoms. The predicted molar refractivity (Wildman–Crippen MR) is 183 cm³/mol. The molecule has 1 aromatic heterocycles. The summed E-state index contributed by atoms with van der Waals surface area (Å²) in [6.45, 7) is 1.99. The molecule has 0 unspecified atom stereocenters. The molecule has 220 valence electrons. The zero-order valence-electron chi connectivity index (χ0n) is 23.5. The van der Waals surface area contributed by atoms with E-state index in [0.29, 0.717) is 16.4 Å². The highest BCUT2D eigenvalue weighted by Gasteiger charge is 2.16. The summed E-state index contributed by atoms with van der Waals surface area (Å²) in [6, 6.07) is 33.2. The van der Waals surface area contributed by atoms with Gasteiger partial charge in [-0.1, -0.05) is 76.6 Å². The number of carbonyl (C=O) groups excluding carboxylic acids is 3. The SMILES string of the molecule is Cc1sc(NC(=O)CSc2ccc(NC(=O)/C(=C/c3cccc(Br)c3)NC(=O)c3ccccc3)cc2)nc1-c1ccccc1. The molecule has 0 bridgehead atoms. The van der Waals surface area contributed by atoms with Gasteiger partial charge in [0.05, 0.1) is 11.4 Å². The Morgan fingerprint density at radius 1 is 0.864 bits per heavy atom. The van der Waals surface area contributed by atoms with Crippen LogP contribution < -0.4 is 16.0 Å². The Kier molecular flexibility index (Phi) is 10.4. The Morgan fingerprint density at radius 2 is 1.57 bits per heavy atom. The van der Waals surface area contributed by atoms with E-state index >= 15 is 0 Å². The number of thiazole rings is 1. The van der Waals surface area contributed by atoms with Crippen molar-refractivity contribution >= 4 is 73.6 Å². The fraction of sp³-hybridized carbons (Fsp3) is 0.0588. The van der Waals surface area contributed by atoms with E-state index in [4.69, 9.17) is 0 Å². The van der Waals surface area contributed by atoms with Crippen LogP contribution in [0.1, 0.15) is 20.8 Å². The number of aromatic nitrogens is 1. The molecule has 0 aliphatic carbocycles. The number of anilines is 2. The summed E-state index contributed by atoms with van der Waals surface area (Å²) in [7, 11) is 0. The maximum Gasteiger partial charge on any atom is 0.272 e. The van der Waals surface area contributed by atoms with Crippen LogP contribution in [0, 0.1) is 6.92 Å². The number of hydrogen-bond donors (Lipinski definition) is 3. The summed E-state index contributed by atoms with van der Waals surface area (Å²) >= 11 is 6.27. The third kappa shape index (κ3) is 8.53. The van der Waals surface area contributed by atoms with Crippen LogP contribution in [0.2, 0.25) is 0 Å². The third-order valence-corrected chi connectivity index (χ3v) is 8.65. The Balaban J connectivity index is 1.20. The fourth-order valence-electron chi connectivity index (χ4n) is 4.16. The molecule has 3 amide bonds. The number of aryl methyl sites for hydroxylation is 1. The zero-order chi connectivity index (χ0) is 30.9. The van der Waals surface area contributed by atoms with Gasteiger partial charge in [0.2, 0.25) is 5.91 Å². The number of amides is 3. The maximum absolute atomic E-state index is 13.3. The Morgan fingerprint density at radius 3 is 2.27 bits per heavy atom. The highest BCUT2D eigenvalue weighted by molar-refractivity contribution is 9.10. The molecule has 0 aliphatic heterocycles. The highest BCUT2D eigenvalue weighted by atomic mass is 79.9. The van der Waals surface area contributed by atoms with Gasteiger partial charge in [-0.05, 0) is 67.1 Å². The van der Waals surface area contributed by atoms with Gasteiger partial charge in [-0.15, -0.1) is 23.1 Å². The van der Waals surface area contributed by atoms with Crippen LogP contribution in [-0.2, 0) is 9.59 Å². The minimum absolute atomic E-state index is 0.0971. The van der Waals surface area contributed by atoms with Crippen molar-refractivity contribution in [2.45, 2.75) is 11.8 Å². The van der Waals surface area contributed by atoms with Gasteiger partial charge in [0, 0.05) is 31.1 Å². The molecule has 7 nitrogen and oxygen atoms in total. The van der Waals surface area contributed by atoms with E-state index in [-0.39, 0.29) is 17.4 Å². The predicted octanol–water partition coefficient (Wildman–Crippen LogP) is 8.02. The first kappa shape index (κ1) is 30.9. The van der Waals surface area contributed by atoms with Gasteiger partial charge in [0.1, 0.15) is 5.70 Å². The van der Waals surface area contributed by atoms with Gasteiger partial charge >= 0.3 is 0 Å².